The van der Waals surface area contributed by atoms with Crippen LogP contribution in [0, 0.1) is 23.0 Å². The van der Waals surface area contributed by atoms with Crippen molar-refractivity contribution in [2.45, 2.75) is 38.5 Å². The Kier molecular flexibility index (Phi) is 8.90. The van der Waals surface area contributed by atoms with Crippen molar-refractivity contribution in [3.63, 3.8) is 0 Å². The highest BCUT2D eigenvalue weighted by molar-refractivity contribution is 7.81. The maximum absolute atomic E-state index is 15.5. The van der Waals surface area contributed by atoms with E-state index in [1.165, 1.54) is 55.1 Å². The van der Waals surface area contributed by atoms with E-state index in [9.17, 15) is 31.9 Å². The van der Waals surface area contributed by atoms with Crippen LogP contribution >= 0.6 is 12.2 Å². The van der Waals surface area contributed by atoms with Crippen LogP contribution in [-0.4, -0.2) is 32.7 Å². The molecule has 1 aromatic heterocycles. The van der Waals surface area contributed by atoms with Gasteiger partial charge in [0.15, 0.2) is 5.11 Å². The van der Waals surface area contributed by atoms with Crippen LogP contribution in [0.5, 0.6) is 0 Å². The summed E-state index contributed by atoms with van der Waals surface area (Å²) in [5.41, 5.74) is -3.02. The quantitative estimate of drug-likeness (QED) is 0.145. The molecule has 2 amide bonds. The number of benzene rings is 4. The maximum atomic E-state index is 15.5. The molecular formula is C36H25F5N6O3S. The van der Waals surface area contributed by atoms with E-state index < -0.39 is 46.3 Å². The molecule has 51 heavy (non-hydrogen) atoms. The lowest BCUT2D eigenvalue weighted by Crippen LogP contribution is -2.44. The molecule has 0 bridgehead atoms. The first-order valence-electron chi connectivity index (χ1n) is 15.2. The van der Waals surface area contributed by atoms with Gasteiger partial charge in [0.1, 0.15) is 17.2 Å². The Morgan fingerprint density at radius 2 is 1.67 bits per heavy atom. The van der Waals surface area contributed by atoms with Crippen molar-refractivity contribution in [1.29, 1.82) is 5.26 Å². The van der Waals surface area contributed by atoms with E-state index in [0.29, 0.717) is 28.1 Å². The minimum atomic E-state index is -4.87. The van der Waals surface area contributed by atoms with Crippen molar-refractivity contribution in [2.75, 3.05) is 9.80 Å². The highest BCUT2D eigenvalue weighted by Gasteiger charge is 2.51. The van der Waals surface area contributed by atoms with Gasteiger partial charge in [-0.05, 0) is 80.2 Å². The molecule has 0 atom stereocenters. The largest absolute Gasteiger partial charge is 0.417 e. The van der Waals surface area contributed by atoms with Gasteiger partial charge in [-0.25, -0.2) is 13.9 Å². The predicted octanol–water partition coefficient (Wildman–Crippen LogP) is 6.53. The normalized spacial score (nSPS) is 14.2. The first-order valence-corrected chi connectivity index (χ1v) is 15.6. The molecule has 1 saturated heterocycles. The van der Waals surface area contributed by atoms with Gasteiger partial charge in [0.2, 0.25) is 0 Å². The number of halogens is 5. The number of H-pyrrole nitrogens is 1. The van der Waals surface area contributed by atoms with Crippen LogP contribution in [0.2, 0.25) is 0 Å². The molecule has 5 aromatic rings. The fourth-order valence-electron chi connectivity index (χ4n) is 5.90. The van der Waals surface area contributed by atoms with Crippen LogP contribution < -0.4 is 20.7 Å². The van der Waals surface area contributed by atoms with Crippen LogP contribution in [0.4, 0.5) is 33.3 Å². The number of anilines is 2. The van der Waals surface area contributed by atoms with E-state index >= 15 is 4.39 Å². The van der Waals surface area contributed by atoms with E-state index in [-0.39, 0.29) is 46.1 Å². The number of carbonyl (C=O) groups is 2. The number of nitriles is 1. The summed E-state index contributed by atoms with van der Waals surface area (Å²) in [6.45, 7) is 2.60. The molecule has 0 aliphatic carbocycles. The molecule has 1 aliphatic heterocycles. The van der Waals surface area contributed by atoms with Gasteiger partial charge in [0.25, 0.3) is 17.4 Å². The van der Waals surface area contributed by atoms with Crippen LogP contribution in [0.25, 0.3) is 10.8 Å². The van der Waals surface area contributed by atoms with E-state index in [1.54, 1.807) is 24.3 Å². The molecule has 9 nitrogen and oxygen atoms in total. The number of aromatic amines is 1. The first-order chi connectivity index (χ1) is 24.1. The minimum Gasteiger partial charge on any atom is -0.348 e. The van der Waals surface area contributed by atoms with Gasteiger partial charge >= 0.3 is 6.18 Å². The highest BCUT2D eigenvalue weighted by Crippen LogP contribution is 2.40. The zero-order valence-electron chi connectivity index (χ0n) is 26.7. The predicted molar refractivity (Wildman–Crippen MR) is 182 cm³/mol. The minimum absolute atomic E-state index is 0.0144. The van der Waals surface area contributed by atoms with Gasteiger partial charge in [-0.3, -0.25) is 19.3 Å². The molecule has 2 heterocycles. The van der Waals surface area contributed by atoms with Crippen molar-refractivity contribution in [2.24, 2.45) is 0 Å². The maximum Gasteiger partial charge on any atom is 0.417 e. The average molecular weight is 717 g/mol. The fraction of sp³-hybridized carbons (Fsp3) is 0.167. The molecule has 0 unspecified atom stereocenters. The second-order valence-corrected chi connectivity index (χ2v) is 12.5. The summed E-state index contributed by atoms with van der Waals surface area (Å²) in [6.07, 6.45) is -4.70. The topological polar surface area (TPSA) is 122 Å². The van der Waals surface area contributed by atoms with E-state index in [4.69, 9.17) is 17.5 Å². The molecule has 1 fully saturated rings. The van der Waals surface area contributed by atoms with Crippen LogP contribution in [0.3, 0.4) is 0 Å². The lowest BCUT2D eigenvalue weighted by molar-refractivity contribution is -0.137. The number of fused-ring (bicyclic) bond motifs is 1. The number of carbonyl (C=O) groups excluding carboxylic acids is 2. The Labute approximate surface area is 291 Å². The summed E-state index contributed by atoms with van der Waals surface area (Å²) < 4.78 is 71.3. The summed E-state index contributed by atoms with van der Waals surface area (Å²) in [5, 5.41) is 19.0. The zero-order chi connectivity index (χ0) is 36.8. The Morgan fingerprint density at radius 3 is 2.35 bits per heavy atom. The Bertz CT molecular complexity index is 2370. The second kappa shape index (κ2) is 13.0. The Hall–Kier alpha value is -6.01. The van der Waals surface area contributed by atoms with E-state index in [0.717, 1.165) is 23.1 Å². The molecule has 258 valence electrons. The van der Waals surface area contributed by atoms with Gasteiger partial charge in [-0.1, -0.05) is 30.3 Å². The van der Waals surface area contributed by atoms with Gasteiger partial charge in [0.05, 0.1) is 39.5 Å². The summed E-state index contributed by atoms with van der Waals surface area (Å²) in [4.78, 5) is 40.9. The average Bonchev–Trinajstić information content (AvgIpc) is 3.27. The van der Waals surface area contributed by atoms with Crippen molar-refractivity contribution >= 4 is 51.3 Å². The third-order valence-corrected chi connectivity index (χ3v) is 8.88. The standard InChI is InChI=1S/C36H25F5N6O3S/c1-35(2)33(50)46(22-10-8-20(17-42)27(15-22)36(39,40)41)34(51)47(35)23-11-9-21(29(38)16-23)18-43-31(48)26-13-19(7-12-28(26)37)14-30-24-5-3-4-6-25(24)32(49)45-44-30/h3-13,15-16H,14,18H2,1-2H3,(H,43,48)(H,45,49). The third kappa shape index (κ3) is 6.41. The number of hydrogen-bond donors (Lipinski definition) is 2. The SMILES string of the molecule is CC1(C)C(=O)N(c2ccc(C#N)c(C(F)(F)F)c2)C(=S)N1c1ccc(CNC(=O)c2cc(Cc3n[nH]c(=O)c4ccccc34)ccc2F)c(F)c1. The lowest BCUT2D eigenvalue weighted by Gasteiger charge is -2.29. The summed E-state index contributed by atoms with van der Waals surface area (Å²) in [6, 6.07) is 18.9. The van der Waals surface area contributed by atoms with E-state index in [1.807, 2.05) is 0 Å². The number of alkyl halides is 3. The second-order valence-electron chi connectivity index (χ2n) is 12.2. The molecule has 1 aliphatic rings. The molecule has 0 radical (unpaired) electrons. The van der Waals surface area contributed by atoms with Gasteiger partial charge in [-0.15, -0.1) is 0 Å². The molecule has 0 spiro atoms. The third-order valence-electron chi connectivity index (χ3n) is 8.51. The van der Waals surface area contributed by atoms with Crippen LogP contribution in [-0.2, 0) is 23.9 Å². The van der Waals surface area contributed by atoms with Gasteiger partial charge < -0.3 is 10.2 Å². The first kappa shape index (κ1) is 34.8. The highest BCUT2D eigenvalue weighted by atomic mass is 32.1. The van der Waals surface area contributed by atoms with Crippen LogP contribution in [0.15, 0.2) is 83.7 Å². The molecule has 6 rings (SSSR count). The number of hydrogen-bond acceptors (Lipinski definition) is 6. The van der Waals surface area contributed by atoms with Crippen molar-refractivity contribution in [3.8, 4) is 6.07 Å². The van der Waals surface area contributed by atoms with Crippen LogP contribution in [0.1, 0.15) is 52.2 Å². The van der Waals surface area contributed by atoms with Crippen molar-refractivity contribution in [3.05, 3.63) is 134 Å². The lowest BCUT2D eigenvalue weighted by atomic mass is 10.0. The zero-order valence-corrected chi connectivity index (χ0v) is 27.5. The molecule has 4 aromatic carbocycles. The molecule has 0 saturated carbocycles. The number of nitrogens with zero attached hydrogens (tertiary/aromatic N) is 4. The Balaban J connectivity index is 1.20. The summed E-state index contributed by atoms with van der Waals surface area (Å²) >= 11 is 5.51. The number of aromatic nitrogens is 2. The molecule has 2 N–H and O–H groups in total. The monoisotopic (exact) mass is 716 g/mol. The van der Waals surface area contributed by atoms with Gasteiger partial charge in [0, 0.05) is 29.6 Å². The Morgan fingerprint density at radius 1 is 0.961 bits per heavy atom. The number of rotatable bonds is 7. The molecule has 15 heteroatoms. The number of thiocarbonyl (C=S) groups is 1. The van der Waals surface area contributed by atoms with E-state index in [2.05, 4.69) is 15.5 Å². The van der Waals surface area contributed by atoms with Crippen molar-refractivity contribution in [1.82, 2.24) is 15.5 Å². The summed E-state index contributed by atoms with van der Waals surface area (Å²) in [7, 11) is 0. The van der Waals surface area contributed by atoms with Gasteiger partial charge in [-0.2, -0.15) is 23.5 Å². The smallest absolute Gasteiger partial charge is 0.348 e. The number of amides is 2. The van der Waals surface area contributed by atoms with Crippen molar-refractivity contribution < 1.29 is 31.5 Å². The fourth-order valence-corrected chi connectivity index (χ4v) is 6.43. The molecular weight excluding hydrogens is 691 g/mol. The number of nitrogens with one attached hydrogen (secondary N) is 2. The summed E-state index contributed by atoms with van der Waals surface area (Å²) in [5.74, 6) is -3.12.